The Balaban J connectivity index is 2.63. The molecule has 2 rings (SSSR count). The lowest BCUT2D eigenvalue weighted by Crippen LogP contribution is -2.26. The topological polar surface area (TPSA) is 88.9 Å². The molecule has 0 unspecified atom stereocenters. The van der Waals surface area contributed by atoms with Crippen LogP contribution < -0.4 is 10.6 Å². The van der Waals surface area contributed by atoms with Crippen LogP contribution in [0.4, 0.5) is 0 Å². The molecule has 0 aliphatic heterocycles. The Bertz CT molecular complexity index is 572. The number of rotatable bonds is 3. The van der Waals surface area contributed by atoms with Crippen molar-refractivity contribution in [2.24, 2.45) is 0 Å². The first kappa shape index (κ1) is 12.7. The zero-order valence-electron chi connectivity index (χ0n) is 10.5. The maximum atomic E-state index is 11.8. The lowest BCUT2D eigenvalue weighted by molar-refractivity contribution is 0.0949. The summed E-state index contributed by atoms with van der Waals surface area (Å²) in [6.07, 6.45) is 0. The Hall–Kier alpha value is -2.70. The number of hydrogen-bond acceptors (Lipinski definition) is 4. The van der Waals surface area contributed by atoms with E-state index >= 15 is 0 Å². The first-order valence-electron chi connectivity index (χ1n) is 5.64. The second kappa shape index (κ2) is 5.30. The summed E-state index contributed by atoms with van der Waals surface area (Å²) in [4.78, 5) is 23.5. The quantitative estimate of drug-likeness (QED) is 0.811. The highest BCUT2D eigenvalue weighted by Gasteiger charge is 2.22. The third-order valence-electron chi connectivity index (χ3n) is 2.54. The van der Waals surface area contributed by atoms with Gasteiger partial charge in [-0.2, -0.15) is 0 Å². The van der Waals surface area contributed by atoms with Crippen molar-refractivity contribution in [2.45, 2.75) is 0 Å². The average molecular weight is 259 g/mol. The maximum Gasteiger partial charge on any atom is 0.289 e. The number of para-hydroxylation sites is 1. The van der Waals surface area contributed by atoms with Crippen molar-refractivity contribution >= 4 is 11.8 Å². The minimum atomic E-state index is -0.411. The summed E-state index contributed by atoms with van der Waals surface area (Å²) in [5.74, 6) is -0.697. The number of carbonyl (C=O) groups is 2. The zero-order valence-corrected chi connectivity index (χ0v) is 10.5. The van der Waals surface area contributed by atoms with Crippen molar-refractivity contribution in [3.8, 4) is 5.69 Å². The second-order valence-corrected chi connectivity index (χ2v) is 3.68. The number of aromatic nitrogens is 3. The van der Waals surface area contributed by atoms with Crippen LogP contribution in [0.25, 0.3) is 5.69 Å². The second-order valence-electron chi connectivity index (χ2n) is 3.68. The number of benzene rings is 1. The largest absolute Gasteiger partial charge is 0.352 e. The molecule has 0 saturated carbocycles. The van der Waals surface area contributed by atoms with Gasteiger partial charge in [0.1, 0.15) is 0 Å². The lowest BCUT2D eigenvalue weighted by atomic mass is 10.3. The van der Waals surface area contributed by atoms with Gasteiger partial charge in [-0.05, 0) is 12.1 Å². The van der Waals surface area contributed by atoms with Crippen LogP contribution in [0.1, 0.15) is 21.2 Å². The van der Waals surface area contributed by atoms with Gasteiger partial charge in [0.05, 0.1) is 0 Å². The van der Waals surface area contributed by atoms with Crippen LogP contribution in [-0.4, -0.2) is 40.7 Å². The van der Waals surface area contributed by atoms with Gasteiger partial charge in [-0.25, -0.2) is 0 Å². The highest BCUT2D eigenvalue weighted by atomic mass is 16.2. The first-order valence-corrected chi connectivity index (χ1v) is 5.64. The average Bonchev–Trinajstić information content (AvgIpc) is 2.91. The SMILES string of the molecule is CNC(=O)c1nnc(C(=O)NC)n1-c1ccccc1. The molecular formula is C12H13N5O2. The zero-order chi connectivity index (χ0) is 13.8. The summed E-state index contributed by atoms with van der Waals surface area (Å²) < 4.78 is 1.41. The van der Waals surface area contributed by atoms with E-state index in [1.165, 1.54) is 18.7 Å². The van der Waals surface area contributed by atoms with Gasteiger partial charge in [0.25, 0.3) is 11.8 Å². The summed E-state index contributed by atoms with van der Waals surface area (Å²) in [6.45, 7) is 0. The standard InChI is InChI=1S/C12H13N5O2/c1-13-11(18)9-15-16-10(12(19)14-2)17(9)8-6-4-3-5-7-8/h3-7H,1-2H3,(H,13,18)(H,14,19). The van der Waals surface area contributed by atoms with Crippen molar-refractivity contribution in [1.29, 1.82) is 0 Å². The minimum absolute atomic E-state index is 0.0623. The predicted octanol–water partition coefficient (Wildman–Crippen LogP) is -0.0135. The van der Waals surface area contributed by atoms with Gasteiger partial charge in [-0.1, -0.05) is 18.2 Å². The van der Waals surface area contributed by atoms with E-state index in [9.17, 15) is 9.59 Å². The smallest absolute Gasteiger partial charge is 0.289 e. The Kier molecular flexibility index (Phi) is 3.56. The molecule has 1 aromatic heterocycles. The molecule has 2 amide bonds. The van der Waals surface area contributed by atoms with Crippen LogP contribution in [0.5, 0.6) is 0 Å². The van der Waals surface area contributed by atoms with Gasteiger partial charge < -0.3 is 10.6 Å². The van der Waals surface area contributed by atoms with Gasteiger partial charge in [-0.3, -0.25) is 14.2 Å². The summed E-state index contributed by atoms with van der Waals surface area (Å²) in [6, 6.07) is 8.98. The molecule has 1 aromatic carbocycles. The van der Waals surface area contributed by atoms with Gasteiger partial charge >= 0.3 is 0 Å². The van der Waals surface area contributed by atoms with Gasteiger partial charge in [0.15, 0.2) is 0 Å². The van der Waals surface area contributed by atoms with E-state index in [1.807, 2.05) is 6.07 Å². The summed E-state index contributed by atoms with van der Waals surface area (Å²) in [5, 5.41) is 12.5. The van der Waals surface area contributed by atoms with E-state index in [1.54, 1.807) is 24.3 Å². The molecule has 0 atom stereocenters. The molecule has 0 bridgehead atoms. The summed E-state index contributed by atoms with van der Waals surface area (Å²) >= 11 is 0. The number of hydrogen-bond donors (Lipinski definition) is 2. The molecule has 98 valence electrons. The molecule has 0 radical (unpaired) electrons. The maximum absolute atomic E-state index is 11.8. The summed E-state index contributed by atoms with van der Waals surface area (Å²) in [7, 11) is 2.98. The van der Waals surface area contributed by atoms with Crippen LogP contribution >= 0.6 is 0 Å². The van der Waals surface area contributed by atoms with Crippen LogP contribution in [0.3, 0.4) is 0 Å². The van der Waals surface area contributed by atoms with Crippen LogP contribution in [0, 0.1) is 0 Å². The Morgan fingerprint density at radius 1 is 0.947 bits per heavy atom. The van der Waals surface area contributed by atoms with E-state index in [4.69, 9.17) is 0 Å². The highest BCUT2D eigenvalue weighted by molar-refractivity contribution is 5.95. The Labute approximate surface area is 109 Å². The molecular weight excluding hydrogens is 246 g/mol. The van der Waals surface area contributed by atoms with Crippen molar-refractivity contribution in [2.75, 3.05) is 14.1 Å². The lowest BCUT2D eigenvalue weighted by Gasteiger charge is -2.08. The molecule has 7 heteroatoms. The fourth-order valence-electron chi connectivity index (χ4n) is 1.62. The molecule has 2 aromatic rings. The summed E-state index contributed by atoms with van der Waals surface area (Å²) in [5.41, 5.74) is 0.643. The van der Waals surface area contributed by atoms with Gasteiger partial charge in [0.2, 0.25) is 11.6 Å². The number of carbonyl (C=O) groups excluding carboxylic acids is 2. The molecule has 2 N–H and O–H groups in total. The normalized spacial score (nSPS) is 10.0. The molecule has 0 aliphatic carbocycles. The molecule has 0 aliphatic rings. The number of nitrogens with zero attached hydrogens (tertiary/aromatic N) is 3. The minimum Gasteiger partial charge on any atom is -0.352 e. The van der Waals surface area contributed by atoms with Crippen molar-refractivity contribution < 1.29 is 9.59 Å². The molecule has 19 heavy (non-hydrogen) atoms. The third-order valence-corrected chi connectivity index (χ3v) is 2.54. The highest BCUT2D eigenvalue weighted by Crippen LogP contribution is 2.13. The molecule has 0 fully saturated rings. The monoisotopic (exact) mass is 259 g/mol. The first-order chi connectivity index (χ1) is 9.19. The fraction of sp³-hybridized carbons (Fsp3) is 0.167. The van der Waals surface area contributed by atoms with E-state index in [0.29, 0.717) is 5.69 Å². The van der Waals surface area contributed by atoms with Crippen molar-refractivity contribution in [3.63, 3.8) is 0 Å². The van der Waals surface area contributed by atoms with Crippen LogP contribution in [0.15, 0.2) is 30.3 Å². The third kappa shape index (κ3) is 2.30. The van der Waals surface area contributed by atoms with E-state index in [0.717, 1.165) is 0 Å². The van der Waals surface area contributed by atoms with E-state index in [2.05, 4.69) is 20.8 Å². The van der Waals surface area contributed by atoms with Crippen LogP contribution in [0.2, 0.25) is 0 Å². The van der Waals surface area contributed by atoms with Crippen LogP contribution in [-0.2, 0) is 0 Å². The Morgan fingerprint density at radius 2 is 1.42 bits per heavy atom. The molecule has 7 nitrogen and oxygen atoms in total. The molecule has 0 spiro atoms. The van der Waals surface area contributed by atoms with Crippen molar-refractivity contribution in [3.05, 3.63) is 42.0 Å². The molecule has 1 heterocycles. The number of amides is 2. The van der Waals surface area contributed by atoms with Gasteiger partial charge in [-0.15, -0.1) is 10.2 Å². The Morgan fingerprint density at radius 3 is 1.84 bits per heavy atom. The van der Waals surface area contributed by atoms with Gasteiger partial charge in [0, 0.05) is 19.8 Å². The number of nitrogens with one attached hydrogen (secondary N) is 2. The van der Waals surface area contributed by atoms with Crippen molar-refractivity contribution in [1.82, 2.24) is 25.4 Å². The predicted molar refractivity (Wildman–Crippen MR) is 68.1 cm³/mol. The molecule has 0 saturated heterocycles. The van der Waals surface area contributed by atoms with E-state index in [-0.39, 0.29) is 11.6 Å². The fourth-order valence-corrected chi connectivity index (χ4v) is 1.62. The van der Waals surface area contributed by atoms with E-state index < -0.39 is 11.8 Å².